The zero-order chi connectivity index (χ0) is 23.5. The van der Waals surface area contributed by atoms with E-state index in [2.05, 4.69) is 22.4 Å². The summed E-state index contributed by atoms with van der Waals surface area (Å²) in [6.45, 7) is 2.47. The molecule has 0 radical (unpaired) electrons. The van der Waals surface area contributed by atoms with Crippen LogP contribution < -0.4 is 10.9 Å². The van der Waals surface area contributed by atoms with Crippen molar-refractivity contribution in [3.8, 4) is 0 Å². The summed E-state index contributed by atoms with van der Waals surface area (Å²) in [5.74, 6) is 0.487. The van der Waals surface area contributed by atoms with Crippen molar-refractivity contribution in [1.29, 1.82) is 0 Å². The average Bonchev–Trinajstić information content (AvgIpc) is 3.30. The van der Waals surface area contributed by atoms with Gasteiger partial charge in [-0.25, -0.2) is 0 Å². The number of aromatic nitrogens is 4. The first-order valence-corrected chi connectivity index (χ1v) is 12.0. The lowest BCUT2D eigenvalue weighted by Gasteiger charge is -2.11. The third-order valence-electron chi connectivity index (χ3n) is 5.64. The number of nitrogens with one attached hydrogen (secondary N) is 1. The molecule has 0 aliphatic rings. The van der Waals surface area contributed by atoms with Crippen LogP contribution in [0.3, 0.4) is 0 Å². The van der Waals surface area contributed by atoms with E-state index in [4.69, 9.17) is 0 Å². The number of hydrogen-bond donors (Lipinski definition) is 1. The zero-order valence-electron chi connectivity index (χ0n) is 18.6. The van der Waals surface area contributed by atoms with Gasteiger partial charge in [-0.15, -0.1) is 10.2 Å². The molecule has 5 rings (SSSR count). The standard InChI is InChI=1S/C26H23N5O2S/c1-2-18-12-14-20(15-13-18)27-23(32)17-34-26-29-28-25-30(16-19-8-4-3-5-9-19)24(33)21-10-6-7-11-22(21)31(25)26/h3-15H,2,16-17H2,1H3,(H,27,32). The van der Waals surface area contributed by atoms with Gasteiger partial charge in [-0.05, 0) is 41.8 Å². The molecule has 2 heterocycles. The number of amides is 1. The van der Waals surface area contributed by atoms with E-state index < -0.39 is 0 Å². The second kappa shape index (κ2) is 9.52. The Labute approximate surface area is 200 Å². The number of carbonyl (C=O) groups is 1. The van der Waals surface area contributed by atoms with Crippen LogP contribution in [-0.4, -0.2) is 30.8 Å². The molecular weight excluding hydrogens is 446 g/mol. The summed E-state index contributed by atoms with van der Waals surface area (Å²) in [4.78, 5) is 25.9. The predicted octanol–water partition coefficient (Wildman–Crippen LogP) is 4.39. The Hall–Kier alpha value is -3.91. The number of para-hydroxylation sites is 1. The van der Waals surface area contributed by atoms with Crippen LogP contribution in [-0.2, 0) is 17.8 Å². The smallest absolute Gasteiger partial charge is 0.263 e. The van der Waals surface area contributed by atoms with E-state index >= 15 is 0 Å². The summed E-state index contributed by atoms with van der Waals surface area (Å²) < 4.78 is 3.48. The van der Waals surface area contributed by atoms with Crippen molar-refractivity contribution >= 4 is 40.0 Å². The van der Waals surface area contributed by atoms with Crippen molar-refractivity contribution < 1.29 is 4.79 Å². The van der Waals surface area contributed by atoms with E-state index in [1.54, 1.807) is 10.6 Å². The minimum absolute atomic E-state index is 0.121. The lowest BCUT2D eigenvalue weighted by Crippen LogP contribution is -2.24. The maximum atomic E-state index is 13.3. The molecule has 0 aliphatic carbocycles. The van der Waals surface area contributed by atoms with Crippen molar-refractivity contribution in [2.75, 3.05) is 11.1 Å². The van der Waals surface area contributed by atoms with Crippen LogP contribution in [0.25, 0.3) is 16.7 Å². The number of benzene rings is 3. The highest BCUT2D eigenvalue weighted by Crippen LogP contribution is 2.22. The molecule has 0 unspecified atom stereocenters. The Kier molecular flexibility index (Phi) is 6.14. The van der Waals surface area contributed by atoms with Crippen molar-refractivity contribution in [2.24, 2.45) is 0 Å². The predicted molar refractivity (Wildman–Crippen MR) is 135 cm³/mol. The lowest BCUT2D eigenvalue weighted by molar-refractivity contribution is -0.113. The van der Waals surface area contributed by atoms with Gasteiger partial charge in [-0.3, -0.25) is 18.6 Å². The van der Waals surface area contributed by atoms with Crippen LogP contribution in [0.5, 0.6) is 0 Å². The number of rotatable bonds is 7. The van der Waals surface area contributed by atoms with Gasteiger partial charge in [0.1, 0.15) is 0 Å². The molecule has 1 amide bonds. The zero-order valence-corrected chi connectivity index (χ0v) is 19.5. The first kappa shape index (κ1) is 21.9. The molecular formula is C26H23N5O2S. The fraction of sp³-hybridized carbons (Fsp3) is 0.154. The first-order valence-electron chi connectivity index (χ1n) is 11.1. The molecule has 0 saturated heterocycles. The van der Waals surface area contributed by atoms with E-state index in [0.29, 0.717) is 22.9 Å². The maximum Gasteiger partial charge on any atom is 0.263 e. The molecule has 3 aromatic carbocycles. The van der Waals surface area contributed by atoms with Crippen LogP contribution in [0.15, 0.2) is 88.8 Å². The summed E-state index contributed by atoms with van der Waals surface area (Å²) >= 11 is 1.29. The third-order valence-corrected chi connectivity index (χ3v) is 6.57. The monoisotopic (exact) mass is 469 g/mol. The fourth-order valence-electron chi connectivity index (χ4n) is 3.89. The summed E-state index contributed by atoms with van der Waals surface area (Å²) in [7, 11) is 0. The van der Waals surface area contributed by atoms with E-state index in [1.807, 2.05) is 77.2 Å². The molecule has 1 N–H and O–H groups in total. The number of thioether (sulfide) groups is 1. The van der Waals surface area contributed by atoms with Gasteiger partial charge in [0, 0.05) is 5.69 Å². The van der Waals surface area contributed by atoms with E-state index in [0.717, 1.165) is 23.2 Å². The summed E-state index contributed by atoms with van der Waals surface area (Å²) in [5.41, 5.74) is 3.57. The average molecular weight is 470 g/mol. The van der Waals surface area contributed by atoms with Crippen LogP contribution in [0, 0.1) is 0 Å². The summed E-state index contributed by atoms with van der Waals surface area (Å²) in [6.07, 6.45) is 0.952. The van der Waals surface area contributed by atoms with Crippen LogP contribution in [0.2, 0.25) is 0 Å². The summed E-state index contributed by atoms with van der Waals surface area (Å²) in [6, 6.07) is 25.0. The Morgan fingerprint density at radius 3 is 2.41 bits per heavy atom. The number of aryl methyl sites for hydroxylation is 1. The third kappa shape index (κ3) is 4.32. The SMILES string of the molecule is CCc1ccc(NC(=O)CSc2nnc3n(Cc4ccccc4)c(=O)c4ccccc4n23)cc1. The molecule has 7 nitrogen and oxygen atoms in total. The molecule has 170 valence electrons. The Balaban J connectivity index is 1.46. The molecule has 0 spiro atoms. The normalized spacial score (nSPS) is 11.2. The van der Waals surface area contributed by atoms with Crippen LogP contribution >= 0.6 is 11.8 Å². The number of hydrogen-bond acceptors (Lipinski definition) is 5. The Morgan fingerprint density at radius 1 is 0.912 bits per heavy atom. The van der Waals surface area contributed by atoms with Crippen molar-refractivity contribution in [1.82, 2.24) is 19.2 Å². The van der Waals surface area contributed by atoms with Gasteiger partial charge in [0.05, 0.1) is 23.2 Å². The van der Waals surface area contributed by atoms with Crippen molar-refractivity contribution in [3.63, 3.8) is 0 Å². The highest BCUT2D eigenvalue weighted by Gasteiger charge is 2.18. The number of fused-ring (bicyclic) bond motifs is 3. The minimum Gasteiger partial charge on any atom is -0.325 e. The minimum atomic E-state index is -0.132. The lowest BCUT2D eigenvalue weighted by atomic mass is 10.1. The first-order chi connectivity index (χ1) is 16.6. The van der Waals surface area contributed by atoms with Gasteiger partial charge < -0.3 is 5.32 Å². The molecule has 8 heteroatoms. The molecule has 0 aliphatic heterocycles. The van der Waals surface area contributed by atoms with Crippen LogP contribution in [0.1, 0.15) is 18.1 Å². The molecule has 5 aromatic rings. The van der Waals surface area contributed by atoms with Gasteiger partial charge >= 0.3 is 0 Å². The van der Waals surface area contributed by atoms with Gasteiger partial charge in [0.25, 0.3) is 5.56 Å². The van der Waals surface area contributed by atoms with E-state index in [1.165, 1.54) is 17.3 Å². The quantitative estimate of drug-likeness (QED) is 0.358. The number of nitrogens with zero attached hydrogens (tertiary/aromatic N) is 4. The number of carbonyl (C=O) groups excluding carboxylic acids is 1. The maximum absolute atomic E-state index is 13.3. The molecule has 34 heavy (non-hydrogen) atoms. The topological polar surface area (TPSA) is 81.3 Å². The molecule has 0 fully saturated rings. The molecule has 0 bridgehead atoms. The molecule has 0 atom stereocenters. The van der Waals surface area contributed by atoms with Gasteiger partial charge in [0.15, 0.2) is 5.16 Å². The van der Waals surface area contributed by atoms with Gasteiger partial charge in [-0.1, -0.05) is 73.3 Å². The van der Waals surface area contributed by atoms with Crippen molar-refractivity contribution in [3.05, 3.63) is 100 Å². The van der Waals surface area contributed by atoms with Crippen molar-refractivity contribution in [2.45, 2.75) is 25.0 Å². The molecule has 0 saturated carbocycles. The second-order valence-corrected chi connectivity index (χ2v) is 8.84. The van der Waals surface area contributed by atoms with Crippen LogP contribution in [0.4, 0.5) is 5.69 Å². The Morgan fingerprint density at radius 2 is 1.65 bits per heavy atom. The summed E-state index contributed by atoms with van der Waals surface area (Å²) in [5, 5.41) is 12.7. The Bertz CT molecular complexity index is 1520. The highest BCUT2D eigenvalue weighted by atomic mass is 32.2. The highest BCUT2D eigenvalue weighted by molar-refractivity contribution is 7.99. The number of anilines is 1. The largest absolute Gasteiger partial charge is 0.325 e. The van der Waals surface area contributed by atoms with Gasteiger partial charge in [-0.2, -0.15) is 0 Å². The second-order valence-electron chi connectivity index (χ2n) is 7.90. The molecule has 2 aromatic heterocycles. The fourth-order valence-corrected chi connectivity index (χ4v) is 4.63. The van der Waals surface area contributed by atoms with E-state index in [9.17, 15) is 9.59 Å². The van der Waals surface area contributed by atoms with Gasteiger partial charge in [0.2, 0.25) is 11.7 Å². The van der Waals surface area contributed by atoms with E-state index in [-0.39, 0.29) is 17.2 Å².